The Labute approximate surface area is 78.0 Å². The van der Waals surface area contributed by atoms with E-state index in [2.05, 4.69) is 9.47 Å². The van der Waals surface area contributed by atoms with Gasteiger partial charge in [-0.05, 0) is 0 Å². The van der Waals surface area contributed by atoms with E-state index in [1.165, 1.54) is 0 Å². The van der Waals surface area contributed by atoms with Gasteiger partial charge in [-0.3, -0.25) is 9.59 Å². The summed E-state index contributed by atoms with van der Waals surface area (Å²) in [5.41, 5.74) is 0. The number of hydrogen-bond acceptors (Lipinski definition) is 4. The number of carbonyl (C=O) groups is 2. The predicted octanol–water partition coefficient (Wildman–Crippen LogP) is 0.552. The molecule has 0 bridgehead atoms. The Morgan fingerprint density at radius 3 is 1.57 bits per heavy atom. The fourth-order valence-electron chi connectivity index (χ4n) is 0.756. The molecule has 0 aliphatic rings. The summed E-state index contributed by atoms with van der Waals surface area (Å²) in [5, 5.41) is 0. The van der Waals surface area contributed by atoms with Gasteiger partial charge >= 0.3 is 11.9 Å². The van der Waals surface area contributed by atoms with E-state index in [0.29, 0.717) is 0 Å². The highest BCUT2D eigenvalue weighted by Gasteiger charge is 2.42. The Morgan fingerprint density at radius 1 is 1.00 bits per heavy atom. The van der Waals surface area contributed by atoms with Gasteiger partial charge in [0.1, 0.15) is 0 Å². The third-order valence-electron chi connectivity index (χ3n) is 1.47. The smallest absolute Gasteiger partial charge is 0.323 e. The molecule has 0 aromatic heterocycles. The van der Waals surface area contributed by atoms with Crippen molar-refractivity contribution in [2.75, 3.05) is 14.2 Å². The zero-order valence-electron chi connectivity index (χ0n) is 7.50. The Morgan fingerprint density at radius 2 is 1.36 bits per heavy atom. The molecule has 4 nitrogen and oxygen atoms in total. The van der Waals surface area contributed by atoms with Gasteiger partial charge in [0, 0.05) is 0 Å². The predicted molar refractivity (Wildman–Crippen MR) is 38.4 cm³/mol. The number of esters is 2. The lowest BCUT2D eigenvalue weighted by Gasteiger charge is -2.15. The van der Waals surface area contributed by atoms with Gasteiger partial charge in [0.2, 0.25) is 0 Å². The second-order valence-electron chi connectivity index (χ2n) is 2.30. The Kier molecular flexibility index (Phi) is 4.96. The molecule has 1 atom stereocenters. The number of alkyl halides is 3. The molecule has 0 spiro atoms. The molecule has 0 fully saturated rings. The minimum Gasteiger partial charge on any atom is -0.468 e. The number of halogens is 3. The Balaban J connectivity index is 4.72. The van der Waals surface area contributed by atoms with Crippen LogP contribution in [0.15, 0.2) is 0 Å². The molecular formula is C7H9F3O4. The minimum absolute atomic E-state index is 0.858. The fraction of sp³-hybridized carbons (Fsp3) is 0.714. The van der Waals surface area contributed by atoms with E-state index in [1.807, 2.05) is 0 Å². The SMILES string of the molecule is COC(=O)C(C(=O)OC)C(F)C(F)F. The normalized spacial score (nSPS) is 12.8. The molecule has 0 heterocycles. The first kappa shape index (κ1) is 12.7. The van der Waals surface area contributed by atoms with Gasteiger partial charge in [-0.15, -0.1) is 0 Å². The van der Waals surface area contributed by atoms with Crippen molar-refractivity contribution in [1.82, 2.24) is 0 Å². The van der Waals surface area contributed by atoms with Crippen LogP contribution in [0.3, 0.4) is 0 Å². The van der Waals surface area contributed by atoms with E-state index in [9.17, 15) is 22.8 Å². The van der Waals surface area contributed by atoms with E-state index >= 15 is 0 Å². The van der Waals surface area contributed by atoms with Crippen molar-refractivity contribution in [3.05, 3.63) is 0 Å². The van der Waals surface area contributed by atoms with Crippen LogP contribution in [0.1, 0.15) is 0 Å². The molecule has 1 unspecified atom stereocenters. The lowest BCUT2D eigenvalue weighted by Crippen LogP contribution is -2.38. The lowest BCUT2D eigenvalue weighted by atomic mass is 10.0. The van der Waals surface area contributed by atoms with Crippen LogP contribution < -0.4 is 0 Å². The maximum atomic E-state index is 12.7. The molecule has 7 heteroatoms. The van der Waals surface area contributed by atoms with E-state index in [0.717, 1.165) is 14.2 Å². The van der Waals surface area contributed by atoms with Crippen LogP contribution in [-0.2, 0) is 19.1 Å². The summed E-state index contributed by atoms with van der Waals surface area (Å²) in [6.07, 6.45) is -6.37. The molecular weight excluding hydrogens is 205 g/mol. The summed E-state index contributed by atoms with van der Waals surface area (Å²) in [7, 11) is 1.72. The molecule has 0 N–H and O–H groups in total. The molecule has 0 aliphatic carbocycles. The number of ether oxygens (including phenoxy) is 2. The first-order chi connectivity index (χ1) is 6.45. The van der Waals surface area contributed by atoms with Gasteiger partial charge in [-0.2, -0.15) is 0 Å². The highest BCUT2D eigenvalue weighted by molar-refractivity contribution is 5.95. The molecule has 0 aliphatic heterocycles. The van der Waals surface area contributed by atoms with Crippen molar-refractivity contribution >= 4 is 11.9 Å². The summed E-state index contributed by atoms with van der Waals surface area (Å²) in [4.78, 5) is 21.5. The average Bonchev–Trinajstić information content (AvgIpc) is 2.16. The van der Waals surface area contributed by atoms with Gasteiger partial charge in [-0.1, -0.05) is 0 Å². The monoisotopic (exact) mass is 214 g/mol. The lowest BCUT2D eigenvalue weighted by molar-refractivity contribution is -0.165. The maximum absolute atomic E-state index is 12.7. The van der Waals surface area contributed by atoms with Crippen molar-refractivity contribution in [1.29, 1.82) is 0 Å². The van der Waals surface area contributed by atoms with Crippen LogP contribution in [0.2, 0.25) is 0 Å². The summed E-state index contributed by atoms with van der Waals surface area (Å²) in [5.74, 6) is -5.00. The largest absolute Gasteiger partial charge is 0.468 e. The van der Waals surface area contributed by atoms with Crippen molar-refractivity contribution < 1.29 is 32.2 Å². The Bertz CT molecular complexity index is 203. The third-order valence-corrected chi connectivity index (χ3v) is 1.47. The number of methoxy groups -OCH3 is 2. The van der Waals surface area contributed by atoms with Gasteiger partial charge in [0.15, 0.2) is 12.1 Å². The van der Waals surface area contributed by atoms with Crippen LogP contribution in [0, 0.1) is 5.92 Å². The van der Waals surface area contributed by atoms with E-state index in [-0.39, 0.29) is 0 Å². The van der Waals surface area contributed by atoms with Crippen LogP contribution in [-0.4, -0.2) is 38.8 Å². The highest BCUT2D eigenvalue weighted by atomic mass is 19.3. The van der Waals surface area contributed by atoms with E-state index in [1.54, 1.807) is 0 Å². The van der Waals surface area contributed by atoms with Gasteiger partial charge in [-0.25, -0.2) is 13.2 Å². The zero-order valence-corrected chi connectivity index (χ0v) is 7.50. The highest BCUT2D eigenvalue weighted by Crippen LogP contribution is 2.18. The summed E-state index contributed by atoms with van der Waals surface area (Å²) >= 11 is 0. The zero-order chi connectivity index (χ0) is 11.3. The van der Waals surface area contributed by atoms with Gasteiger partial charge < -0.3 is 9.47 Å². The van der Waals surface area contributed by atoms with Crippen molar-refractivity contribution in [2.45, 2.75) is 12.6 Å². The second-order valence-corrected chi connectivity index (χ2v) is 2.30. The van der Waals surface area contributed by atoms with E-state index < -0.39 is 30.5 Å². The standard InChI is InChI=1S/C7H9F3O4/c1-13-6(11)3(7(12)14-2)4(8)5(9)10/h3-5H,1-2H3. The second kappa shape index (κ2) is 5.46. The molecule has 0 amide bonds. The van der Waals surface area contributed by atoms with Gasteiger partial charge in [0.05, 0.1) is 14.2 Å². The van der Waals surface area contributed by atoms with Crippen LogP contribution in [0.5, 0.6) is 0 Å². The molecule has 0 saturated carbocycles. The number of carbonyl (C=O) groups excluding carboxylic acids is 2. The molecule has 82 valence electrons. The quantitative estimate of drug-likeness (QED) is 0.506. The first-order valence-corrected chi connectivity index (χ1v) is 3.53. The molecule has 0 aromatic rings. The molecule has 0 rings (SSSR count). The van der Waals surface area contributed by atoms with Crippen molar-refractivity contribution in [3.63, 3.8) is 0 Å². The average molecular weight is 214 g/mol. The number of rotatable bonds is 4. The topological polar surface area (TPSA) is 52.6 Å². The summed E-state index contributed by atoms with van der Waals surface area (Å²) < 4.78 is 44.5. The number of hydrogen-bond donors (Lipinski definition) is 0. The molecule has 0 radical (unpaired) electrons. The van der Waals surface area contributed by atoms with Gasteiger partial charge in [0.25, 0.3) is 6.43 Å². The minimum atomic E-state index is -3.45. The third kappa shape index (κ3) is 2.90. The van der Waals surface area contributed by atoms with Crippen molar-refractivity contribution in [3.8, 4) is 0 Å². The molecule has 14 heavy (non-hydrogen) atoms. The fourth-order valence-corrected chi connectivity index (χ4v) is 0.756. The summed E-state index contributed by atoms with van der Waals surface area (Å²) in [6, 6.07) is 0. The van der Waals surface area contributed by atoms with E-state index in [4.69, 9.17) is 0 Å². The molecule has 0 aromatic carbocycles. The Hall–Kier alpha value is -1.27. The molecule has 0 saturated heterocycles. The first-order valence-electron chi connectivity index (χ1n) is 3.53. The van der Waals surface area contributed by atoms with Crippen LogP contribution in [0.4, 0.5) is 13.2 Å². The summed E-state index contributed by atoms with van der Waals surface area (Å²) in [6.45, 7) is 0. The van der Waals surface area contributed by atoms with Crippen LogP contribution >= 0.6 is 0 Å². The van der Waals surface area contributed by atoms with Crippen LogP contribution in [0.25, 0.3) is 0 Å². The van der Waals surface area contributed by atoms with Crippen molar-refractivity contribution in [2.24, 2.45) is 5.92 Å². The maximum Gasteiger partial charge on any atom is 0.323 e.